The standard InChI is InChI=1S/C14H13ClN4S/c1-9-17-14(19-18-9)11-4-2-3-5-12(11)16-8-10-6-7-13(15)20-10/h2-7,16H,8H2,1H3,(H,17,18,19). The van der Waals surface area contributed by atoms with E-state index in [0.29, 0.717) is 5.82 Å². The fourth-order valence-electron chi connectivity index (χ4n) is 1.92. The quantitative estimate of drug-likeness (QED) is 0.762. The first kappa shape index (κ1) is 13.1. The Morgan fingerprint density at radius 2 is 2.10 bits per heavy atom. The molecule has 4 nitrogen and oxygen atoms in total. The number of benzene rings is 1. The van der Waals surface area contributed by atoms with E-state index >= 15 is 0 Å². The number of aryl methyl sites for hydroxylation is 1. The number of aromatic amines is 1. The molecule has 2 aromatic heterocycles. The first-order valence-corrected chi connectivity index (χ1v) is 7.38. The molecule has 0 radical (unpaired) electrons. The van der Waals surface area contributed by atoms with Crippen molar-refractivity contribution in [2.75, 3.05) is 5.32 Å². The summed E-state index contributed by atoms with van der Waals surface area (Å²) in [6.45, 7) is 2.62. The van der Waals surface area contributed by atoms with E-state index in [-0.39, 0.29) is 0 Å². The highest BCUT2D eigenvalue weighted by Crippen LogP contribution is 2.27. The molecule has 20 heavy (non-hydrogen) atoms. The monoisotopic (exact) mass is 304 g/mol. The Bertz CT molecular complexity index is 719. The Hall–Kier alpha value is -1.85. The zero-order valence-electron chi connectivity index (χ0n) is 10.9. The van der Waals surface area contributed by atoms with Crippen LogP contribution < -0.4 is 5.32 Å². The van der Waals surface area contributed by atoms with Gasteiger partial charge in [-0.2, -0.15) is 5.10 Å². The van der Waals surface area contributed by atoms with Crippen molar-refractivity contribution in [1.82, 2.24) is 15.2 Å². The smallest absolute Gasteiger partial charge is 0.183 e. The number of H-pyrrole nitrogens is 1. The van der Waals surface area contributed by atoms with Crippen LogP contribution in [0.5, 0.6) is 0 Å². The topological polar surface area (TPSA) is 53.6 Å². The molecule has 6 heteroatoms. The number of para-hydroxylation sites is 1. The molecule has 0 atom stereocenters. The molecular formula is C14H13ClN4S. The van der Waals surface area contributed by atoms with E-state index in [1.165, 1.54) is 4.88 Å². The lowest BCUT2D eigenvalue weighted by atomic mass is 10.1. The summed E-state index contributed by atoms with van der Waals surface area (Å²) in [6, 6.07) is 11.9. The highest BCUT2D eigenvalue weighted by Gasteiger charge is 2.09. The van der Waals surface area contributed by atoms with Crippen LogP contribution in [0.25, 0.3) is 11.4 Å². The molecule has 3 aromatic rings. The minimum Gasteiger partial charge on any atom is -0.380 e. The van der Waals surface area contributed by atoms with Gasteiger partial charge in [0, 0.05) is 22.7 Å². The van der Waals surface area contributed by atoms with E-state index in [0.717, 1.165) is 28.0 Å². The van der Waals surface area contributed by atoms with Crippen molar-refractivity contribution in [2.24, 2.45) is 0 Å². The number of aromatic nitrogens is 3. The fourth-order valence-corrected chi connectivity index (χ4v) is 2.95. The highest BCUT2D eigenvalue weighted by molar-refractivity contribution is 7.16. The van der Waals surface area contributed by atoms with E-state index in [9.17, 15) is 0 Å². The Kier molecular flexibility index (Phi) is 3.71. The second kappa shape index (κ2) is 5.64. The van der Waals surface area contributed by atoms with Gasteiger partial charge in [-0.1, -0.05) is 23.7 Å². The number of rotatable bonds is 4. The minimum atomic E-state index is 0.704. The first-order chi connectivity index (χ1) is 9.72. The van der Waals surface area contributed by atoms with Crippen molar-refractivity contribution in [2.45, 2.75) is 13.5 Å². The molecule has 0 aliphatic rings. The van der Waals surface area contributed by atoms with Crippen LogP contribution >= 0.6 is 22.9 Å². The van der Waals surface area contributed by atoms with Gasteiger partial charge < -0.3 is 5.32 Å². The Morgan fingerprint density at radius 1 is 1.25 bits per heavy atom. The van der Waals surface area contributed by atoms with Gasteiger partial charge in [-0.15, -0.1) is 11.3 Å². The average Bonchev–Trinajstić information content (AvgIpc) is 3.06. The normalized spacial score (nSPS) is 10.7. The summed E-state index contributed by atoms with van der Waals surface area (Å²) in [5.41, 5.74) is 2.00. The summed E-state index contributed by atoms with van der Waals surface area (Å²) < 4.78 is 0.805. The van der Waals surface area contributed by atoms with Gasteiger partial charge in [-0.3, -0.25) is 5.10 Å². The van der Waals surface area contributed by atoms with Gasteiger partial charge in [-0.05, 0) is 31.2 Å². The van der Waals surface area contributed by atoms with E-state index in [1.807, 2.05) is 43.3 Å². The maximum atomic E-state index is 5.94. The molecule has 0 spiro atoms. The molecule has 0 aliphatic heterocycles. The molecule has 0 amide bonds. The summed E-state index contributed by atoms with van der Waals surface area (Å²) in [5, 5.41) is 10.5. The van der Waals surface area contributed by atoms with Crippen molar-refractivity contribution in [3.8, 4) is 11.4 Å². The number of hydrogen-bond donors (Lipinski definition) is 2. The number of thiophene rings is 1. The van der Waals surface area contributed by atoms with E-state index in [1.54, 1.807) is 11.3 Å². The highest BCUT2D eigenvalue weighted by atomic mass is 35.5. The van der Waals surface area contributed by atoms with Gasteiger partial charge in [0.2, 0.25) is 0 Å². The van der Waals surface area contributed by atoms with Gasteiger partial charge in [0.25, 0.3) is 0 Å². The molecule has 0 saturated heterocycles. The Balaban J connectivity index is 1.83. The molecule has 0 bridgehead atoms. The van der Waals surface area contributed by atoms with Crippen LogP contribution in [0.3, 0.4) is 0 Å². The molecule has 0 fully saturated rings. The fraction of sp³-hybridized carbons (Fsp3) is 0.143. The molecule has 0 unspecified atom stereocenters. The van der Waals surface area contributed by atoms with Crippen LogP contribution in [0.1, 0.15) is 10.7 Å². The van der Waals surface area contributed by atoms with E-state index in [4.69, 9.17) is 11.6 Å². The minimum absolute atomic E-state index is 0.704. The predicted molar refractivity (Wildman–Crippen MR) is 83.2 cm³/mol. The third kappa shape index (κ3) is 2.84. The molecule has 2 N–H and O–H groups in total. The zero-order valence-corrected chi connectivity index (χ0v) is 12.4. The lowest BCUT2D eigenvalue weighted by molar-refractivity contribution is 1.04. The van der Waals surface area contributed by atoms with Gasteiger partial charge in [0.15, 0.2) is 5.82 Å². The molecule has 1 aromatic carbocycles. The number of halogens is 1. The molecule has 0 saturated carbocycles. The molecule has 2 heterocycles. The SMILES string of the molecule is Cc1nc(-c2ccccc2NCc2ccc(Cl)s2)n[nH]1. The van der Waals surface area contributed by atoms with Crippen LogP contribution in [-0.2, 0) is 6.54 Å². The van der Waals surface area contributed by atoms with E-state index in [2.05, 4.69) is 20.5 Å². The number of anilines is 1. The maximum absolute atomic E-state index is 5.94. The number of nitrogens with one attached hydrogen (secondary N) is 2. The lowest BCUT2D eigenvalue weighted by Crippen LogP contribution is -1.99. The van der Waals surface area contributed by atoms with Crippen LogP contribution in [0.2, 0.25) is 4.34 Å². The van der Waals surface area contributed by atoms with Crippen LogP contribution in [0.4, 0.5) is 5.69 Å². The van der Waals surface area contributed by atoms with Crippen LogP contribution in [0, 0.1) is 6.92 Å². The van der Waals surface area contributed by atoms with Gasteiger partial charge in [0.05, 0.1) is 4.34 Å². The van der Waals surface area contributed by atoms with Crippen molar-refractivity contribution in [3.63, 3.8) is 0 Å². The summed E-state index contributed by atoms with van der Waals surface area (Å²) in [7, 11) is 0. The summed E-state index contributed by atoms with van der Waals surface area (Å²) in [6.07, 6.45) is 0. The zero-order chi connectivity index (χ0) is 13.9. The predicted octanol–water partition coefficient (Wildman–Crippen LogP) is 4.11. The van der Waals surface area contributed by atoms with Gasteiger partial charge in [-0.25, -0.2) is 4.98 Å². The second-order valence-electron chi connectivity index (χ2n) is 4.35. The molecule has 102 valence electrons. The average molecular weight is 305 g/mol. The molecular weight excluding hydrogens is 292 g/mol. The number of nitrogens with zero attached hydrogens (tertiary/aromatic N) is 2. The van der Waals surface area contributed by atoms with Crippen molar-refractivity contribution in [3.05, 3.63) is 51.4 Å². The molecule has 3 rings (SSSR count). The van der Waals surface area contributed by atoms with Crippen molar-refractivity contribution in [1.29, 1.82) is 0 Å². The molecule has 0 aliphatic carbocycles. The lowest BCUT2D eigenvalue weighted by Gasteiger charge is -2.08. The summed E-state index contributed by atoms with van der Waals surface area (Å²) >= 11 is 7.52. The summed E-state index contributed by atoms with van der Waals surface area (Å²) in [5.74, 6) is 1.51. The summed E-state index contributed by atoms with van der Waals surface area (Å²) in [4.78, 5) is 5.57. The van der Waals surface area contributed by atoms with Crippen molar-refractivity contribution >= 4 is 28.6 Å². The first-order valence-electron chi connectivity index (χ1n) is 6.19. The third-order valence-corrected chi connectivity index (χ3v) is 4.08. The van der Waals surface area contributed by atoms with Crippen LogP contribution in [-0.4, -0.2) is 15.2 Å². The number of hydrogen-bond acceptors (Lipinski definition) is 4. The Morgan fingerprint density at radius 3 is 2.80 bits per heavy atom. The Labute approximate surface area is 125 Å². The van der Waals surface area contributed by atoms with Gasteiger partial charge in [0.1, 0.15) is 5.82 Å². The maximum Gasteiger partial charge on any atom is 0.183 e. The van der Waals surface area contributed by atoms with Gasteiger partial charge >= 0.3 is 0 Å². The second-order valence-corrected chi connectivity index (χ2v) is 6.15. The largest absolute Gasteiger partial charge is 0.380 e. The van der Waals surface area contributed by atoms with E-state index < -0.39 is 0 Å². The van der Waals surface area contributed by atoms with Crippen molar-refractivity contribution < 1.29 is 0 Å². The third-order valence-electron chi connectivity index (χ3n) is 2.85. The van der Waals surface area contributed by atoms with Crippen LogP contribution in [0.15, 0.2) is 36.4 Å².